The number of carbonyl (C=O) groups excluding carboxylic acids is 1. The average Bonchev–Trinajstić information content (AvgIpc) is 3.30. The molecule has 0 saturated heterocycles. The fraction of sp³-hybridized carbons (Fsp3) is 0.222. The molecule has 1 amide bonds. The van der Waals surface area contributed by atoms with Gasteiger partial charge in [-0.25, -0.2) is 0 Å². The van der Waals surface area contributed by atoms with E-state index < -0.39 is 0 Å². The third kappa shape index (κ3) is 5.11. The van der Waals surface area contributed by atoms with Gasteiger partial charge in [0.1, 0.15) is 11.5 Å². The average molecular weight is 393 g/mol. The maximum atomic E-state index is 12.1. The minimum Gasteiger partial charge on any atom is -0.360 e. The maximum Gasteiger partial charge on any atom is 0.233 e. The van der Waals surface area contributed by atoms with Gasteiger partial charge in [0.15, 0.2) is 0 Å². The summed E-state index contributed by atoms with van der Waals surface area (Å²) in [6, 6.07) is 13.3. The Bertz CT molecular complexity index is 816. The van der Waals surface area contributed by atoms with E-state index in [4.69, 9.17) is 16.1 Å². The number of carbonyl (C=O) groups is 1. The number of aromatic nitrogens is 1. The van der Waals surface area contributed by atoms with Crippen molar-refractivity contribution in [2.75, 3.05) is 0 Å². The summed E-state index contributed by atoms with van der Waals surface area (Å²) >= 11 is 9.05. The molecule has 1 aromatic carbocycles. The summed E-state index contributed by atoms with van der Waals surface area (Å²) < 4.78 is 5.36. The van der Waals surface area contributed by atoms with Gasteiger partial charge < -0.3 is 9.84 Å². The lowest BCUT2D eigenvalue weighted by molar-refractivity contribution is -0.120. The Morgan fingerprint density at radius 3 is 2.88 bits per heavy atom. The van der Waals surface area contributed by atoms with Crippen LogP contribution in [0.1, 0.15) is 17.6 Å². The van der Waals surface area contributed by atoms with E-state index >= 15 is 0 Å². The monoisotopic (exact) mass is 392 g/mol. The third-order valence-corrected chi connectivity index (χ3v) is 5.85. The van der Waals surface area contributed by atoms with E-state index in [9.17, 15) is 4.79 Å². The number of nitrogens with zero attached hydrogens (tertiary/aromatic N) is 1. The number of thioether (sulfide) groups is 1. The van der Waals surface area contributed by atoms with Crippen molar-refractivity contribution in [3.05, 3.63) is 63.5 Å². The molecular weight excluding hydrogens is 376 g/mol. The van der Waals surface area contributed by atoms with Crippen molar-refractivity contribution in [1.82, 2.24) is 10.5 Å². The molecular formula is C18H17ClN2O2S2. The number of hydrogen-bond donors (Lipinski definition) is 1. The first kappa shape index (κ1) is 18.0. The van der Waals surface area contributed by atoms with Gasteiger partial charge in [0.2, 0.25) is 5.91 Å². The van der Waals surface area contributed by atoms with Gasteiger partial charge >= 0.3 is 0 Å². The predicted molar refractivity (Wildman–Crippen MR) is 104 cm³/mol. The van der Waals surface area contributed by atoms with Crippen LogP contribution in [0, 0.1) is 0 Å². The molecule has 2 aromatic heterocycles. The summed E-state index contributed by atoms with van der Waals surface area (Å²) in [6.07, 6.45) is 0. The maximum absolute atomic E-state index is 12.1. The van der Waals surface area contributed by atoms with Crippen molar-refractivity contribution >= 4 is 40.6 Å². The fourth-order valence-electron chi connectivity index (χ4n) is 2.15. The summed E-state index contributed by atoms with van der Waals surface area (Å²) in [5.41, 5.74) is 1.72. The molecule has 0 aliphatic carbocycles. The molecule has 7 heteroatoms. The quantitative estimate of drug-likeness (QED) is 0.615. The molecule has 3 aromatic rings. The Hall–Kier alpha value is -1.76. The Morgan fingerprint density at radius 2 is 2.16 bits per heavy atom. The van der Waals surface area contributed by atoms with Crippen molar-refractivity contribution in [1.29, 1.82) is 0 Å². The summed E-state index contributed by atoms with van der Waals surface area (Å²) in [6.45, 7) is 2.47. The number of benzene rings is 1. The Balaban J connectivity index is 1.49. The lowest BCUT2D eigenvalue weighted by Crippen LogP contribution is -2.30. The predicted octanol–water partition coefficient (Wildman–Crippen LogP) is 4.99. The lowest BCUT2D eigenvalue weighted by atomic mass is 10.1. The minimum atomic E-state index is -0.163. The molecule has 25 heavy (non-hydrogen) atoms. The van der Waals surface area contributed by atoms with E-state index in [1.165, 1.54) is 11.8 Å². The molecule has 0 radical (unpaired) electrons. The zero-order valence-corrected chi connectivity index (χ0v) is 16.0. The van der Waals surface area contributed by atoms with E-state index in [1.54, 1.807) is 11.3 Å². The van der Waals surface area contributed by atoms with Crippen LogP contribution >= 0.6 is 34.7 Å². The number of rotatable bonds is 7. The van der Waals surface area contributed by atoms with Crippen LogP contribution in [0.3, 0.4) is 0 Å². The smallest absolute Gasteiger partial charge is 0.233 e. The third-order valence-electron chi connectivity index (χ3n) is 3.56. The Labute approximate surface area is 159 Å². The van der Waals surface area contributed by atoms with Gasteiger partial charge in [-0.05, 0) is 30.5 Å². The summed E-state index contributed by atoms with van der Waals surface area (Å²) in [4.78, 5) is 13.3. The molecule has 0 aliphatic heterocycles. The highest BCUT2D eigenvalue weighted by molar-refractivity contribution is 7.99. The summed E-state index contributed by atoms with van der Waals surface area (Å²) in [7, 11) is 0. The van der Waals surface area contributed by atoms with Crippen molar-refractivity contribution < 1.29 is 9.32 Å². The highest BCUT2D eigenvalue weighted by Gasteiger charge is 2.15. The van der Waals surface area contributed by atoms with Crippen molar-refractivity contribution in [3.63, 3.8) is 0 Å². The van der Waals surface area contributed by atoms with Crippen molar-refractivity contribution in [2.24, 2.45) is 0 Å². The first-order chi connectivity index (χ1) is 12.1. The molecule has 3 rings (SSSR count). The van der Waals surface area contributed by atoms with Crippen LogP contribution in [-0.4, -0.2) is 16.3 Å². The Morgan fingerprint density at radius 1 is 1.36 bits per heavy atom. The van der Waals surface area contributed by atoms with Crippen LogP contribution in [-0.2, 0) is 17.1 Å². The second kappa shape index (κ2) is 8.56. The minimum absolute atomic E-state index is 0.0239. The van der Waals surface area contributed by atoms with Gasteiger partial charge in [0.25, 0.3) is 0 Å². The standard InChI is InChI=1S/C18H17ClN2O2S2/c1-12(18(22)20-10-16-3-2-8-24-16)25-11-15-9-17(21-23-15)13-4-6-14(19)7-5-13/h2-9,12H,10-11H2,1H3,(H,20,22)/t12-/m0/s1. The molecule has 0 unspecified atom stereocenters. The van der Waals surface area contributed by atoms with Crippen molar-refractivity contribution in [3.8, 4) is 11.3 Å². The Kier molecular flexibility index (Phi) is 6.18. The largest absolute Gasteiger partial charge is 0.360 e. The van der Waals surface area contributed by atoms with Gasteiger partial charge in [-0.15, -0.1) is 23.1 Å². The summed E-state index contributed by atoms with van der Waals surface area (Å²) in [5.74, 6) is 1.36. The first-order valence-electron chi connectivity index (χ1n) is 7.75. The molecule has 130 valence electrons. The van der Waals surface area contributed by atoms with Gasteiger partial charge in [0, 0.05) is 21.5 Å². The number of halogens is 1. The zero-order chi connectivity index (χ0) is 17.6. The van der Waals surface area contributed by atoms with Crippen LogP contribution in [0.25, 0.3) is 11.3 Å². The summed E-state index contributed by atoms with van der Waals surface area (Å²) in [5, 5.41) is 9.55. The second-order valence-corrected chi connectivity index (χ2v) is 8.23. The molecule has 0 bridgehead atoms. The fourth-order valence-corrected chi connectivity index (χ4v) is 3.71. The van der Waals surface area contributed by atoms with Crippen LogP contribution < -0.4 is 5.32 Å². The van der Waals surface area contributed by atoms with Gasteiger partial charge in [-0.1, -0.05) is 35.0 Å². The number of nitrogens with one attached hydrogen (secondary N) is 1. The first-order valence-corrected chi connectivity index (χ1v) is 10.1. The lowest BCUT2D eigenvalue weighted by Gasteiger charge is -2.10. The molecule has 1 N–H and O–H groups in total. The molecule has 2 heterocycles. The van der Waals surface area contributed by atoms with Crippen LogP contribution in [0.15, 0.2) is 52.4 Å². The second-order valence-electron chi connectivity index (χ2n) is 5.44. The topological polar surface area (TPSA) is 55.1 Å². The van der Waals surface area contributed by atoms with E-state index in [2.05, 4.69) is 10.5 Å². The number of hydrogen-bond acceptors (Lipinski definition) is 5. The van der Waals surface area contributed by atoms with Crippen molar-refractivity contribution in [2.45, 2.75) is 24.5 Å². The highest BCUT2D eigenvalue weighted by atomic mass is 35.5. The number of thiophene rings is 1. The molecule has 1 atom stereocenters. The molecule has 4 nitrogen and oxygen atoms in total. The van der Waals surface area contributed by atoms with E-state index in [-0.39, 0.29) is 11.2 Å². The molecule has 0 fully saturated rings. The van der Waals surface area contributed by atoms with E-state index in [0.717, 1.165) is 21.9 Å². The zero-order valence-electron chi connectivity index (χ0n) is 13.6. The van der Waals surface area contributed by atoms with Crippen LogP contribution in [0.5, 0.6) is 0 Å². The van der Waals surface area contributed by atoms with Gasteiger partial charge in [-0.3, -0.25) is 4.79 Å². The van der Waals surface area contributed by atoms with E-state index in [1.807, 2.05) is 54.8 Å². The molecule has 0 aliphatic rings. The van der Waals surface area contributed by atoms with Gasteiger partial charge in [-0.2, -0.15) is 0 Å². The van der Waals surface area contributed by atoms with E-state index in [0.29, 0.717) is 17.3 Å². The normalized spacial score (nSPS) is 12.1. The SMILES string of the molecule is C[C@H](SCc1cc(-c2ccc(Cl)cc2)no1)C(=O)NCc1cccs1. The molecule has 0 saturated carbocycles. The highest BCUT2D eigenvalue weighted by Crippen LogP contribution is 2.24. The van der Waals surface area contributed by atoms with Gasteiger partial charge in [0.05, 0.1) is 17.5 Å². The number of amides is 1. The van der Waals surface area contributed by atoms with Crippen LogP contribution in [0.4, 0.5) is 0 Å². The molecule has 0 spiro atoms. The van der Waals surface area contributed by atoms with Crippen LogP contribution in [0.2, 0.25) is 5.02 Å².